The quantitative estimate of drug-likeness (QED) is 0.805. The Morgan fingerprint density at radius 1 is 1.50 bits per heavy atom. The van der Waals surface area contributed by atoms with Crippen LogP contribution in [0.4, 0.5) is 0 Å². The van der Waals surface area contributed by atoms with E-state index >= 15 is 0 Å². The second-order valence-corrected chi connectivity index (χ2v) is 7.07. The number of piperidine rings is 1. The highest BCUT2D eigenvalue weighted by Crippen LogP contribution is 2.23. The van der Waals surface area contributed by atoms with Gasteiger partial charge in [0.2, 0.25) is 0 Å². The largest absolute Gasteiger partial charge is 0.481 e. The normalized spacial score (nSPS) is 22.6. The fraction of sp³-hybridized carbons (Fsp3) is 0.909. The fourth-order valence-corrected chi connectivity index (χ4v) is 3.75. The van der Waals surface area contributed by atoms with Crippen molar-refractivity contribution in [1.29, 1.82) is 0 Å². The molecule has 1 N–H and O–H groups in total. The fourth-order valence-electron chi connectivity index (χ4n) is 2.10. The Bertz CT molecular complexity index is 394. The van der Waals surface area contributed by atoms with Gasteiger partial charge in [-0.3, -0.25) is 4.79 Å². The molecule has 0 amide bonds. The first-order valence-corrected chi connectivity index (χ1v) is 7.59. The molecular formula is C11H22N2O4S. The first-order valence-electron chi connectivity index (χ1n) is 6.20. The molecule has 1 fully saturated rings. The summed E-state index contributed by atoms with van der Waals surface area (Å²) < 4.78 is 27.3. The molecule has 6 nitrogen and oxygen atoms in total. The smallest absolute Gasteiger partial charge is 0.303 e. The van der Waals surface area contributed by atoms with Crippen molar-refractivity contribution in [2.75, 3.05) is 20.1 Å². The molecule has 0 spiro atoms. The van der Waals surface area contributed by atoms with Crippen LogP contribution in [0.2, 0.25) is 0 Å². The van der Waals surface area contributed by atoms with Crippen LogP contribution >= 0.6 is 0 Å². The van der Waals surface area contributed by atoms with Crippen molar-refractivity contribution in [2.24, 2.45) is 5.92 Å². The van der Waals surface area contributed by atoms with Crippen LogP contribution in [-0.4, -0.2) is 54.3 Å². The van der Waals surface area contributed by atoms with Gasteiger partial charge in [0, 0.05) is 32.6 Å². The summed E-state index contributed by atoms with van der Waals surface area (Å²) in [5.74, 6) is -0.942. The van der Waals surface area contributed by atoms with Gasteiger partial charge in [0.1, 0.15) is 0 Å². The van der Waals surface area contributed by atoms with Gasteiger partial charge in [-0.2, -0.15) is 17.0 Å². The molecule has 0 aromatic carbocycles. The third-order valence-electron chi connectivity index (χ3n) is 3.36. The molecule has 1 unspecified atom stereocenters. The van der Waals surface area contributed by atoms with Crippen LogP contribution in [0.25, 0.3) is 0 Å². The maximum Gasteiger partial charge on any atom is 0.303 e. The van der Waals surface area contributed by atoms with Gasteiger partial charge in [0.05, 0.1) is 0 Å². The summed E-state index contributed by atoms with van der Waals surface area (Å²) >= 11 is 0. The van der Waals surface area contributed by atoms with E-state index in [2.05, 4.69) is 0 Å². The van der Waals surface area contributed by atoms with E-state index in [1.807, 2.05) is 13.8 Å². The Morgan fingerprint density at radius 3 is 2.61 bits per heavy atom. The zero-order chi connectivity index (χ0) is 13.9. The molecule has 0 radical (unpaired) electrons. The van der Waals surface area contributed by atoms with Crippen molar-refractivity contribution < 1.29 is 18.3 Å². The van der Waals surface area contributed by atoms with Crippen LogP contribution in [0.3, 0.4) is 0 Å². The zero-order valence-corrected chi connectivity index (χ0v) is 12.0. The molecule has 0 saturated carbocycles. The Kier molecular flexibility index (Phi) is 5.12. The number of hydrogen-bond acceptors (Lipinski definition) is 3. The molecule has 1 rings (SSSR count). The van der Waals surface area contributed by atoms with E-state index in [0.717, 1.165) is 12.8 Å². The highest BCUT2D eigenvalue weighted by molar-refractivity contribution is 7.86. The summed E-state index contributed by atoms with van der Waals surface area (Å²) in [6, 6.07) is -0.102. The molecule has 1 aliphatic heterocycles. The standard InChI is InChI=1S/C11H22N2O4S/c1-9(2)12(3)18(16,17)13-6-4-5-10(8-13)7-11(14)15/h9-10H,4-8H2,1-3H3,(H,14,15). The molecule has 1 saturated heterocycles. The second-order valence-electron chi connectivity index (χ2n) is 5.08. The number of rotatable bonds is 5. The molecule has 1 atom stereocenters. The minimum atomic E-state index is -3.46. The monoisotopic (exact) mass is 278 g/mol. The van der Waals surface area contributed by atoms with E-state index < -0.39 is 16.2 Å². The zero-order valence-electron chi connectivity index (χ0n) is 11.2. The van der Waals surface area contributed by atoms with Crippen LogP contribution in [0, 0.1) is 5.92 Å². The average Bonchev–Trinajstić information content (AvgIpc) is 2.27. The van der Waals surface area contributed by atoms with Crippen LogP contribution in [-0.2, 0) is 15.0 Å². The highest BCUT2D eigenvalue weighted by Gasteiger charge is 2.33. The number of nitrogens with zero attached hydrogens (tertiary/aromatic N) is 2. The number of carboxylic acids is 1. The minimum absolute atomic E-state index is 0.0391. The summed E-state index contributed by atoms with van der Waals surface area (Å²) in [4.78, 5) is 10.7. The van der Waals surface area contributed by atoms with Crippen LogP contribution in [0.1, 0.15) is 33.1 Å². The van der Waals surface area contributed by atoms with Gasteiger partial charge < -0.3 is 5.11 Å². The van der Waals surface area contributed by atoms with Crippen molar-refractivity contribution in [1.82, 2.24) is 8.61 Å². The Balaban J connectivity index is 2.74. The van der Waals surface area contributed by atoms with Gasteiger partial charge in [-0.25, -0.2) is 0 Å². The number of carbonyl (C=O) groups is 1. The van der Waals surface area contributed by atoms with Gasteiger partial charge in [-0.05, 0) is 32.6 Å². The molecule has 0 aliphatic carbocycles. The predicted octanol–water partition coefficient (Wildman–Crippen LogP) is 0.758. The van der Waals surface area contributed by atoms with Gasteiger partial charge in [-0.15, -0.1) is 0 Å². The first-order chi connectivity index (χ1) is 8.25. The Labute approximate surface area is 109 Å². The summed E-state index contributed by atoms with van der Waals surface area (Å²) in [6.45, 7) is 4.42. The molecule has 106 valence electrons. The number of carboxylic acid groups (broad SMARTS) is 1. The minimum Gasteiger partial charge on any atom is -0.481 e. The predicted molar refractivity (Wildman–Crippen MR) is 68.4 cm³/mol. The molecule has 0 aromatic heterocycles. The van der Waals surface area contributed by atoms with Crippen LogP contribution in [0.15, 0.2) is 0 Å². The summed E-state index contributed by atoms with van der Waals surface area (Å²) in [7, 11) is -1.90. The van der Waals surface area contributed by atoms with Crippen LogP contribution in [0.5, 0.6) is 0 Å². The first kappa shape index (κ1) is 15.4. The van der Waals surface area contributed by atoms with E-state index in [1.54, 1.807) is 7.05 Å². The highest BCUT2D eigenvalue weighted by atomic mass is 32.2. The van der Waals surface area contributed by atoms with Gasteiger partial charge >= 0.3 is 5.97 Å². The molecule has 1 heterocycles. The SMILES string of the molecule is CC(C)N(C)S(=O)(=O)N1CCCC(CC(=O)O)C1. The van der Waals surface area contributed by atoms with E-state index in [9.17, 15) is 13.2 Å². The summed E-state index contributed by atoms with van der Waals surface area (Å²) in [5.41, 5.74) is 0. The molecule has 18 heavy (non-hydrogen) atoms. The third-order valence-corrected chi connectivity index (χ3v) is 5.50. The maximum absolute atomic E-state index is 12.3. The summed E-state index contributed by atoms with van der Waals surface area (Å²) in [6.07, 6.45) is 1.55. The maximum atomic E-state index is 12.3. The van der Waals surface area contributed by atoms with Crippen molar-refractivity contribution in [3.63, 3.8) is 0 Å². The van der Waals surface area contributed by atoms with E-state index in [1.165, 1.54) is 8.61 Å². The van der Waals surface area contributed by atoms with E-state index in [-0.39, 0.29) is 18.4 Å². The van der Waals surface area contributed by atoms with Crippen molar-refractivity contribution in [3.05, 3.63) is 0 Å². The lowest BCUT2D eigenvalue weighted by Crippen LogP contribution is -2.48. The third kappa shape index (κ3) is 3.66. The topological polar surface area (TPSA) is 77.9 Å². The molecule has 0 aromatic rings. The van der Waals surface area contributed by atoms with Gasteiger partial charge in [0.25, 0.3) is 10.2 Å². The molecular weight excluding hydrogens is 256 g/mol. The van der Waals surface area contributed by atoms with Crippen molar-refractivity contribution in [3.8, 4) is 0 Å². The summed E-state index contributed by atoms with van der Waals surface area (Å²) in [5, 5.41) is 8.77. The van der Waals surface area contributed by atoms with Gasteiger partial charge in [-0.1, -0.05) is 0 Å². The van der Waals surface area contributed by atoms with Crippen LogP contribution < -0.4 is 0 Å². The molecule has 0 bridgehead atoms. The van der Waals surface area contributed by atoms with Crippen molar-refractivity contribution >= 4 is 16.2 Å². The lowest BCUT2D eigenvalue weighted by Gasteiger charge is -2.35. The molecule has 7 heteroatoms. The Hall–Kier alpha value is -0.660. The lowest BCUT2D eigenvalue weighted by molar-refractivity contribution is -0.138. The van der Waals surface area contributed by atoms with Gasteiger partial charge in [0.15, 0.2) is 0 Å². The Morgan fingerprint density at radius 2 is 2.11 bits per heavy atom. The lowest BCUT2D eigenvalue weighted by atomic mass is 9.96. The average molecular weight is 278 g/mol. The van der Waals surface area contributed by atoms with E-state index in [0.29, 0.717) is 13.1 Å². The van der Waals surface area contributed by atoms with Crippen molar-refractivity contribution in [2.45, 2.75) is 39.2 Å². The number of aliphatic carboxylic acids is 1. The van der Waals surface area contributed by atoms with E-state index in [4.69, 9.17) is 5.11 Å². The molecule has 1 aliphatic rings. The second kappa shape index (κ2) is 5.99. The number of hydrogen-bond donors (Lipinski definition) is 1.